The molecule has 1 aromatic heterocycles. The van der Waals surface area contributed by atoms with Crippen LogP contribution in [0.5, 0.6) is 11.6 Å². The molecule has 4 rings (SSSR count). The first-order chi connectivity index (χ1) is 16.9. The van der Waals surface area contributed by atoms with Crippen LogP contribution in [0, 0.1) is 13.8 Å². The van der Waals surface area contributed by atoms with Crippen molar-refractivity contribution in [3.8, 4) is 22.8 Å². The van der Waals surface area contributed by atoms with Crippen LogP contribution in [0.2, 0.25) is 0 Å². The number of benzene rings is 2. The molecule has 0 saturated carbocycles. The van der Waals surface area contributed by atoms with Crippen molar-refractivity contribution in [1.29, 1.82) is 0 Å². The third-order valence-electron chi connectivity index (χ3n) is 6.04. The summed E-state index contributed by atoms with van der Waals surface area (Å²) in [6.45, 7) is 5.94. The van der Waals surface area contributed by atoms with E-state index in [-0.39, 0.29) is 12.3 Å². The van der Waals surface area contributed by atoms with Crippen LogP contribution in [0.25, 0.3) is 11.1 Å². The SMILES string of the molecule is COCCCOc1cc(C)c(-c2cccc(COc3cc4c(cn3)C(CC(=O)O)CS4)c2)c(C)c1. The highest BCUT2D eigenvalue weighted by atomic mass is 32.2. The van der Waals surface area contributed by atoms with E-state index < -0.39 is 5.97 Å². The topological polar surface area (TPSA) is 77.9 Å². The van der Waals surface area contributed by atoms with Gasteiger partial charge in [0, 0.05) is 49.0 Å². The highest BCUT2D eigenvalue weighted by molar-refractivity contribution is 7.99. The van der Waals surface area contributed by atoms with E-state index in [1.807, 2.05) is 18.2 Å². The minimum atomic E-state index is -0.779. The molecule has 0 radical (unpaired) electrons. The van der Waals surface area contributed by atoms with Crippen molar-refractivity contribution in [2.45, 2.75) is 44.1 Å². The molecule has 6 nitrogen and oxygen atoms in total. The largest absolute Gasteiger partial charge is 0.493 e. The van der Waals surface area contributed by atoms with E-state index in [0.29, 0.717) is 25.7 Å². The summed E-state index contributed by atoms with van der Waals surface area (Å²) in [6.07, 6.45) is 2.76. The van der Waals surface area contributed by atoms with Crippen molar-refractivity contribution < 1.29 is 24.1 Å². The number of ether oxygens (including phenoxy) is 3. The number of carboxylic acid groups (broad SMARTS) is 1. The van der Waals surface area contributed by atoms with E-state index in [4.69, 9.17) is 19.3 Å². The summed E-state index contributed by atoms with van der Waals surface area (Å²) in [6, 6.07) is 14.5. The van der Waals surface area contributed by atoms with E-state index in [2.05, 4.69) is 43.1 Å². The van der Waals surface area contributed by atoms with Crippen LogP contribution in [0.15, 0.2) is 53.6 Å². The fourth-order valence-corrected chi connectivity index (χ4v) is 5.68. The van der Waals surface area contributed by atoms with Crippen molar-refractivity contribution >= 4 is 17.7 Å². The number of hydrogen-bond acceptors (Lipinski definition) is 6. The van der Waals surface area contributed by atoms with Gasteiger partial charge in [-0.15, -0.1) is 11.8 Å². The number of aromatic nitrogens is 1. The molecule has 7 heteroatoms. The maximum atomic E-state index is 11.1. The summed E-state index contributed by atoms with van der Waals surface area (Å²) in [7, 11) is 1.70. The molecule has 0 bridgehead atoms. The Bertz CT molecular complexity index is 1170. The van der Waals surface area contributed by atoms with Crippen LogP contribution >= 0.6 is 11.8 Å². The summed E-state index contributed by atoms with van der Waals surface area (Å²) in [5.41, 5.74) is 6.73. The van der Waals surface area contributed by atoms with Gasteiger partial charge in [-0.2, -0.15) is 0 Å². The number of pyridine rings is 1. The zero-order chi connectivity index (χ0) is 24.8. The number of carbonyl (C=O) groups is 1. The molecule has 2 aromatic carbocycles. The number of methoxy groups -OCH3 is 1. The lowest BCUT2D eigenvalue weighted by Gasteiger charge is -2.15. The molecule has 184 valence electrons. The van der Waals surface area contributed by atoms with Gasteiger partial charge in [-0.25, -0.2) is 4.98 Å². The smallest absolute Gasteiger partial charge is 0.303 e. The molecule has 0 fully saturated rings. The minimum absolute atomic E-state index is 0.0133. The minimum Gasteiger partial charge on any atom is -0.493 e. The molecule has 2 heterocycles. The predicted molar refractivity (Wildman–Crippen MR) is 138 cm³/mol. The summed E-state index contributed by atoms with van der Waals surface area (Å²) in [4.78, 5) is 16.6. The first kappa shape index (κ1) is 25.1. The zero-order valence-electron chi connectivity index (χ0n) is 20.4. The number of thioether (sulfide) groups is 1. The number of aliphatic carboxylic acids is 1. The Morgan fingerprint density at radius 2 is 1.91 bits per heavy atom. The number of nitrogens with zero attached hydrogens (tertiary/aromatic N) is 1. The molecular formula is C28H31NO5S. The summed E-state index contributed by atoms with van der Waals surface area (Å²) in [5, 5.41) is 9.10. The van der Waals surface area contributed by atoms with Gasteiger partial charge < -0.3 is 19.3 Å². The van der Waals surface area contributed by atoms with Gasteiger partial charge >= 0.3 is 5.97 Å². The summed E-state index contributed by atoms with van der Waals surface area (Å²) in [5.74, 6) is 1.44. The molecule has 3 aromatic rings. The van der Waals surface area contributed by atoms with Gasteiger partial charge in [0.25, 0.3) is 0 Å². The first-order valence-corrected chi connectivity index (χ1v) is 12.7. The van der Waals surface area contributed by atoms with Crippen LogP contribution in [0.1, 0.15) is 41.0 Å². The Hall–Kier alpha value is -3.03. The molecule has 0 amide bonds. The van der Waals surface area contributed by atoms with Crippen LogP contribution in [0.3, 0.4) is 0 Å². The fourth-order valence-electron chi connectivity index (χ4n) is 4.43. The molecule has 1 atom stereocenters. The third-order valence-corrected chi connectivity index (χ3v) is 7.27. The van der Waals surface area contributed by atoms with E-state index in [1.165, 1.54) is 5.56 Å². The Morgan fingerprint density at radius 1 is 1.11 bits per heavy atom. The van der Waals surface area contributed by atoms with Gasteiger partial charge in [-0.05, 0) is 65.4 Å². The Kier molecular flexibility index (Phi) is 8.31. The molecule has 0 aliphatic carbocycles. The van der Waals surface area contributed by atoms with Crippen molar-refractivity contribution in [3.05, 3.63) is 70.9 Å². The second-order valence-electron chi connectivity index (χ2n) is 8.78. The van der Waals surface area contributed by atoms with Crippen molar-refractivity contribution in [2.75, 3.05) is 26.1 Å². The molecule has 1 N–H and O–H groups in total. The van der Waals surface area contributed by atoms with Crippen molar-refractivity contribution in [3.63, 3.8) is 0 Å². The van der Waals surface area contributed by atoms with E-state index in [9.17, 15) is 4.79 Å². The van der Waals surface area contributed by atoms with Crippen LogP contribution in [0.4, 0.5) is 0 Å². The molecule has 0 spiro atoms. The third kappa shape index (κ3) is 6.35. The molecule has 1 aliphatic rings. The van der Waals surface area contributed by atoms with Gasteiger partial charge in [0.05, 0.1) is 13.0 Å². The summed E-state index contributed by atoms with van der Waals surface area (Å²) < 4.78 is 17.0. The van der Waals surface area contributed by atoms with Crippen LogP contribution in [-0.4, -0.2) is 42.1 Å². The lowest BCUT2D eigenvalue weighted by atomic mass is 9.94. The maximum absolute atomic E-state index is 11.1. The van der Waals surface area contributed by atoms with E-state index in [1.54, 1.807) is 25.1 Å². The van der Waals surface area contributed by atoms with Gasteiger partial charge in [0.15, 0.2) is 0 Å². The fraction of sp³-hybridized carbons (Fsp3) is 0.357. The van der Waals surface area contributed by atoms with E-state index >= 15 is 0 Å². The Balaban J connectivity index is 1.43. The second-order valence-corrected chi connectivity index (χ2v) is 9.84. The average molecular weight is 494 g/mol. The van der Waals surface area contributed by atoms with E-state index in [0.717, 1.165) is 50.6 Å². The van der Waals surface area contributed by atoms with Crippen molar-refractivity contribution in [1.82, 2.24) is 4.98 Å². The standard InChI is InChI=1S/C28H31NO5S/c1-18-10-23(33-9-5-8-32-3)11-19(2)28(18)21-7-4-6-20(12-21)16-34-26-14-25-24(15-29-26)22(17-35-25)13-27(30)31/h4,6-7,10-12,14-15,22H,5,8-9,13,16-17H2,1-3H3,(H,30,31). The molecule has 0 saturated heterocycles. The quantitative estimate of drug-likeness (QED) is 0.327. The highest BCUT2D eigenvalue weighted by Gasteiger charge is 2.26. The Labute approximate surface area is 210 Å². The average Bonchev–Trinajstić information content (AvgIpc) is 3.22. The number of aryl methyl sites for hydroxylation is 2. The van der Waals surface area contributed by atoms with Crippen LogP contribution < -0.4 is 9.47 Å². The molecule has 1 unspecified atom stereocenters. The molecular weight excluding hydrogens is 462 g/mol. The monoisotopic (exact) mass is 493 g/mol. The number of fused-ring (bicyclic) bond motifs is 1. The number of carboxylic acids is 1. The number of hydrogen-bond donors (Lipinski definition) is 1. The molecule has 35 heavy (non-hydrogen) atoms. The van der Waals surface area contributed by atoms with Crippen molar-refractivity contribution in [2.24, 2.45) is 0 Å². The lowest BCUT2D eigenvalue weighted by molar-refractivity contribution is -0.137. The molecule has 1 aliphatic heterocycles. The zero-order valence-corrected chi connectivity index (χ0v) is 21.2. The first-order valence-electron chi connectivity index (χ1n) is 11.7. The summed E-state index contributed by atoms with van der Waals surface area (Å²) >= 11 is 1.67. The maximum Gasteiger partial charge on any atom is 0.303 e. The highest BCUT2D eigenvalue weighted by Crippen LogP contribution is 2.42. The predicted octanol–water partition coefficient (Wildman–Crippen LogP) is 6.02. The normalized spacial score (nSPS) is 14.5. The van der Waals surface area contributed by atoms with Gasteiger partial charge in [-0.1, -0.05) is 18.2 Å². The van der Waals surface area contributed by atoms with Gasteiger partial charge in [0.1, 0.15) is 12.4 Å². The lowest BCUT2D eigenvalue weighted by Crippen LogP contribution is -2.06. The second kappa shape index (κ2) is 11.6. The number of rotatable bonds is 11. The van der Waals surface area contributed by atoms with Gasteiger partial charge in [0.2, 0.25) is 5.88 Å². The van der Waals surface area contributed by atoms with Gasteiger partial charge in [-0.3, -0.25) is 4.79 Å². The Morgan fingerprint density at radius 3 is 2.66 bits per heavy atom. The van der Waals surface area contributed by atoms with Crippen LogP contribution in [-0.2, 0) is 16.1 Å².